The van der Waals surface area contributed by atoms with Gasteiger partial charge in [0.1, 0.15) is 0 Å². The van der Waals surface area contributed by atoms with E-state index in [4.69, 9.17) is 11.5 Å². The van der Waals surface area contributed by atoms with Gasteiger partial charge in [0, 0.05) is 4.90 Å². The molecule has 7 heteroatoms. The maximum absolute atomic E-state index is 11.4. The Kier molecular flexibility index (Phi) is 3.02. The van der Waals surface area contributed by atoms with Crippen LogP contribution in [0.3, 0.4) is 0 Å². The van der Waals surface area contributed by atoms with Gasteiger partial charge in [-0.2, -0.15) is 8.42 Å². The number of rotatable bonds is 2. The highest BCUT2D eigenvalue weighted by molar-refractivity contribution is 7.90. The second-order valence-corrected chi connectivity index (χ2v) is 4.61. The molecule has 1 rings (SSSR count). The van der Waals surface area contributed by atoms with Crippen LogP contribution in [0, 0.1) is 0 Å². The molecule has 0 amide bonds. The third-order valence-corrected chi connectivity index (χ3v) is 2.98. The van der Waals surface area contributed by atoms with Crippen molar-refractivity contribution in [2.24, 2.45) is 15.9 Å². The zero-order chi connectivity index (χ0) is 10.8. The maximum Gasteiger partial charge on any atom is 0.285 e. The van der Waals surface area contributed by atoms with E-state index in [9.17, 15) is 8.42 Å². The first-order chi connectivity index (χ1) is 6.42. The number of guanidine groups is 1. The van der Waals surface area contributed by atoms with Gasteiger partial charge in [0.2, 0.25) is 5.96 Å². The van der Waals surface area contributed by atoms with Crippen molar-refractivity contribution in [3.63, 3.8) is 0 Å². The molecule has 5 nitrogen and oxygen atoms in total. The van der Waals surface area contributed by atoms with Gasteiger partial charge in [0.05, 0.1) is 4.90 Å². The van der Waals surface area contributed by atoms with Crippen LogP contribution in [0.25, 0.3) is 0 Å². The minimum atomic E-state index is -3.77. The van der Waals surface area contributed by atoms with Crippen molar-refractivity contribution in [1.82, 2.24) is 0 Å². The molecule has 4 N–H and O–H groups in total. The molecule has 0 heterocycles. The average Bonchev–Trinajstić information content (AvgIpc) is 2.02. The molecule has 0 unspecified atom stereocenters. The lowest BCUT2D eigenvalue weighted by Crippen LogP contribution is -2.24. The van der Waals surface area contributed by atoms with Gasteiger partial charge in [0.25, 0.3) is 10.0 Å². The summed E-state index contributed by atoms with van der Waals surface area (Å²) in [4.78, 5) is 0.692. The molecular formula is C7H9N3O2S2. The van der Waals surface area contributed by atoms with Crippen LogP contribution < -0.4 is 11.5 Å². The van der Waals surface area contributed by atoms with Crippen molar-refractivity contribution in [1.29, 1.82) is 0 Å². The van der Waals surface area contributed by atoms with Crippen LogP contribution in [0.1, 0.15) is 0 Å². The standard InChI is InChI=1S/C7H9N3O2S2/c8-7(9)10-14(11,12)6-3-1-5(13)2-4-6/h1-4,13H,(H4,8,9,10). The smallest absolute Gasteiger partial charge is 0.285 e. The lowest BCUT2D eigenvalue weighted by molar-refractivity contribution is 0.598. The Labute approximate surface area is 87.3 Å². The van der Waals surface area contributed by atoms with Crippen molar-refractivity contribution >= 4 is 28.6 Å². The molecule has 0 aliphatic heterocycles. The largest absolute Gasteiger partial charge is 0.369 e. The second kappa shape index (κ2) is 3.89. The minimum Gasteiger partial charge on any atom is -0.369 e. The fraction of sp³-hybridized carbons (Fsp3) is 0. The summed E-state index contributed by atoms with van der Waals surface area (Å²) in [6.07, 6.45) is 0. The van der Waals surface area contributed by atoms with E-state index in [0.717, 1.165) is 0 Å². The van der Waals surface area contributed by atoms with E-state index < -0.39 is 16.0 Å². The first kappa shape index (κ1) is 10.9. The van der Waals surface area contributed by atoms with E-state index in [1.807, 2.05) is 0 Å². The number of sulfonamides is 1. The van der Waals surface area contributed by atoms with Crippen LogP contribution in [0.4, 0.5) is 0 Å². The van der Waals surface area contributed by atoms with Crippen molar-refractivity contribution in [3.05, 3.63) is 24.3 Å². The molecule has 76 valence electrons. The fourth-order valence-corrected chi connectivity index (χ4v) is 1.82. The van der Waals surface area contributed by atoms with Crippen LogP contribution in [-0.2, 0) is 10.0 Å². The SMILES string of the molecule is NC(N)=NS(=O)(=O)c1ccc(S)cc1. The maximum atomic E-state index is 11.4. The first-order valence-electron chi connectivity index (χ1n) is 3.57. The summed E-state index contributed by atoms with van der Waals surface area (Å²) in [5, 5.41) is 0. The van der Waals surface area contributed by atoms with E-state index >= 15 is 0 Å². The molecule has 0 saturated carbocycles. The Morgan fingerprint density at radius 2 is 1.71 bits per heavy atom. The van der Waals surface area contributed by atoms with Gasteiger partial charge in [0.15, 0.2) is 0 Å². The van der Waals surface area contributed by atoms with E-state index in [-0.39, 0.29) is 4.90 Å². The number of thiol groups is 1. The molecule has 0 saturated heterocycles. The van der Waals surface area contributed by atoms with Crippen molar-refractivity contribution in [2.45, 2.75) is 9.79 Å². The third-order valence-electron chi connectivity index (χ3n) is 1.36. The molecule has 0 aromatic heterocycles. The Balaban J connectivity index is 3.18. The summed E-state index contributed by atoms with van der Waals surface area (Å²) < 4.78 is 25.9. The predicted octanol–water partition coefficient (Wildman–Crippen LogP) is -0.0626. The zero-order valence-electron chi connectivity index (χ0n) is 7.08. The van der Waals surface area contributed by atoms with Crippen LogP contribution in [0.15, 0.2) is 38.5 Å². The highest BCUT2D eigenvalue weighted by Gasteiger charge is 2.11. The van der Waals surface area contributed by atoms with Crippen LogP contribution in [-0.4, -0.2) is 14.4 Å². The molecule has 0 atom stereocenters. The molecule has 1 aromatic carbocycles. The summed E-state index contributed by atoms with van der Waals surface area (Å²) in [5.74, 6) is -0.486. The normalized spacial score (nSPS) is 10.9. The Morgan fingerprint density at radius 1 is 1.21 bits per heavy atom. The number of nitrogens with two attached hydrogens (primary N) is 2. The predicted molar refractivity (Wildman–Crippen MR) is 56.7 cm³/mol. The van der Waals surface area contributed by atoms with E-state index in [1.165, 1.54) is 24.3 Å². The van der Waals surface area contributed by atoms with Gasteiger partial charge >= 0.3 is 0 Å². The molecule has 0 radical (unpaired) electrons. The Hall–Kier alpha value is -1.21. The van der Waals surface area contributed by atoms with Crippen LogP contribution >= 0.6 is 12.6 Å². The third kappa shape index (κ3) is 2.64. The molecule has 0 aliphatic rings. The topological polar surface area (TPSA) is 98.5 Å². The molecular weight excluding hydrogens is 222 g/mol. The van der Waals surface area contributed by atoms with Gasteiger partial charge in [-0.05, 0) is 24.3 Å². The van der Waals surface area contributed by atoms with Gasteiger partial charge in [-0.3, -0.25) is 0 Å². The average molecular weight is 231 g/mol. The lowest BCUT2D eigenvalue weighted by atomic mass is 10.4. The first-order valence-corrected chi connectivity index (χ1v) is 5.45. The summed E-state index contributed by atoms with van der Waals surface area (Å²) in [5.41, 5.74) is 9.96. The number of hydrogen-bond donors (Lipinski definition) is 3. The van der Waals surface area contributed by atoms with E-state index in [2.05, 4.69) is 17.0 Å². The Bertz CT molecular complexity index is 446. The summed E-state index contributed by atoms with van der Waals surface area (Å²) >= 11 is 4.02. The number of benzene rings is 1. The lowest BCUT2D eigenvalue weighted by Gasteiger charge is -1.98. The van der Waals surface area contributed by atoms with Crippen molar-refractivity contribution in [3.8, 4) is 0 Å². The molecule has 0 spiro atoms. The highest BCUT2D eigenvalue weighted by Crippen LogP contribution is 2.14. The second-order valence-electron chi connectivity index (χ2n) is 2.49. The summed E-state index contributed by atoms with van der Waals surface area (Å²) in [7, 11) is -3.77. The number of nitrogens with zero attached hydrogens (tertiary/aromatic N) is 1. The van der Waals surface area contributed by atoms with Gasteiger partial charge in [-0.25, -0.2) is 0 Å². The van der Waals surface area contributed by atoms with Gasteiger partial charge in [-0.1, -0.05) is 0 Å². The fourth-order valence-electron chi connectivity index (χ4n) is 0.810. The monoisotopic (exact) mass is 231 g/mol. The Morgan fingerprint density at radius 3 is 2.14 bits per heavy atom. The van der Waals surface area contributed by atoms with Gasteiger partial charge < -0.3 is 11.5 Å². The van der Waals surface area contributed by atoms with E-state index in [0.29, 0.717) is 4.90 Å². The number of hydrogen-bond acceptors (Lipinski definition) is 3. The van der Waals surface area contributed by atoms with Crippen LogP contribution in [0.2, 0.25) is 0 Å². The molecule has 0 bridgehead atoms. The van der Waals surface area contributed by atoms with Crippen molar-refractivity contribution in [2.75, 3.05) is 0 Å². The summed E-state index contributed by atoms with van der Waals surface area (Å²) in [6.45, 7) is 0. The minimum absolute atomic E-state index is 0.0312. The van der Waals surface area contributed by atoms with Crippen molar-refractivity contribution < 1.29 is 8.42 Å². The quantitative estimate of drug-likeness (QED) is 0.377. The molecule has 0 aliphatic carbocycles. The van der Waals surface area contributed by atoms with Crippen LogP contribution in [0.5, 0.6) is 0 Å². The summed E-state index contributed by atoms with van der Waals surface area (Å²) in [6, 6.07) is 5.84. The molecule has 0 fully saturated rings. The van der Waals surface area contributed by atoms with E-state index in [1.54, 1.807) is 0 Å². The highest BCUT2D eigenvalue weighted by atomic mass is 32.2. The molecule has 1 aromatic rings. The van der Waals surface area contributed by atoms with Gasteiger partial charge in [-0.15, -0.1) is 17.0 Å². The zero-order valence-corrected chi connectivity index (χ0v) is 8.79. The molecule has 14 heavy (non-hydrogen) atoms.